The Labute approximate surface area is 121 Å². The van der Waals surface area contributed by atoms with Crippen molar-refractivity contribution in [3.63, 3.8) is 0 Å². The maximum absolute atomic E-state index is 5.60. The van der Waals surface area contributed by atoms with Crippen molar-refractivity contribution >= 4 is 23.2 Å². The minimum atomic E-state index is 0.267. The van der Waals surface area contributed by atoms with Crippen LogP contribution < -0.4 is 20.9 Å². The Morgan fingerprint density at radius 1 is 1.30 bits per heavy atom. The standard InChI is InChI=1S/C12H18N6OS/c1-3-18(4-2)11-14-10(17-13)15-12(16-11)19-8-9-6-5-7-20-9/h5-7H,3-4,8,13H2,1-2H3,(H,14,15,16,17). The predicted octanol–water partition coefficient (Wildman–Crippen LogP) is 1.64. The topological polar surface area (TPSA) is 89.2 Å². The summed E-state index contributed by atoms with van der Waals surface area (Å²) < 4.78 is 5.60. The Kier molecular flexibility index (Phi) is 5.08. The second-order valence-corrected chi connectivity index (χ2v) is 4.96. The lowest BCUT2D eigenvalue weighted by molar-refractivity contribution is 0.283. The fraction of sp³-hybridized carbons (Fsp3) is 0.417. The molecule has 0 bridgehead atoms. The van der Waals surface area contributed by atoms with Crippen molar-refractivity contribution in [2.24, 2.45) is 5.84 Å². The molecule has 20 heavy (non-hydrogen) atoms. The molecule has 0 saturated heterocycles. The summed E-state index contributed by atoms with van der Waals surface area (Å²) in [5.41, 5.74) is 2.44. The smallest absolute Gasteiger partial charge is 0.323 e. The van der Waals surface area contributed by atoms with Crippen molar-refractivity contribution in [1.82, 2.24) is 15.0 Å². The van der Waals surface area contributed by atoms with Crippen molar-refractivity contribution in [1.29, 1.82) is 0 Å². The second kappa shape index (κ2) is 7.01. The number of hydrogen-bond donors (Lipinski definition) is 2. The van der Waals surface area contributed by atoms with Gasteiger partial charge in [-0.1, -0.05) is 6.07 Å². The van der Waals surface area contributed by atoms with Gasteiger partial charge in [0.25, 0.3) is 0 Å². The van der Waals surface area contributed by atoms with E-state index in [-0.39, 0.29) is 6.01 Å². The average Bonchev–Trinajstić information content (AvgIpc) is 2.99. The van der Waals surface area contributed by atoms with Crippen LogP contribution in [0.4, 0.5) is 11.9 Å². The first kappa shape index (κ1) is 14.5. The molecular weight excluding hydrogens is 276 g/mol. The summed E-state index contributed by atoms with van der Waals surface area (Å²) in [4.78, 5) is 15.8. The Bertz CT molecular complexity index is 529. The van der Waals surface area contributed by atoms with Gasteiger partial charge in [-0.25, -0.2) is 5.84 Å². The minimum absolute atomic E-state index is 0.267. The Morgan fingerprint density at radius 2 is 2.10 bits per heavy atom. The summed E-state index contributed by atoms with van der Waals surface area (Å²) in [6.07, 6.45) is 0. The van der Waals surface area contributed by atoms with Gasteiger partial charge in [0.15, 0.2) is 0 Å². The number of thiophene rings is 1. The van der Waals surface area contributed by atoms with E-state index in [4.69, 9.17) is 10.6 Å². The van der Waals surface area contributed by atoms with E-state index in [0.29, 0.717) is 18.5 Å². The maximum atomic E-state index is 5.60. The van der Waals surface area contributed by atoms with E-state index in [9.17, 15) is 0 Å². The van der Waals surface area contributed by atoms with Gasteiger partial charge in [-0.2, -0.15) is 15.0 Å². The summed E-state index contributed by atoms with van der Waals surface area (Å²) in [6.45, 7) is 6.11. The van der Waals surface area contributed by atoms with E-state index in [1.807, 2.05) is 36.3 Å². The van der Waals surface area contributed by atoms with E-state index in [1.165, 1.54) is 0 Å². The van der Waals surface area contributed by atoms with Crippen LogP contribution >= 0.6 is 11.3 Å². The lowest BCUT2D eigenvalue weighted by atomic mass is 10.5. The number of nitrogen functional groups attached to an aromatic ring is 1. The Hall–Kier alpha value is -1.93. The van der Waals surface area contributed by atoms with E-state index >= 15 is 0 Å². The number of hydrazine groups is 1. The molecule has 0 spiro atoms. The number of rotatable bonds is 7. The molecule has 0 aliphatic heterocycles. The molecular formula is C12H18N6OS. The predicted molar refractivity (Wildman–Crippen MR) is 79.8 cm³/mol. The molecule has 3 N–H and O–H groups in total. The van der Waals surface area contributed by atoms with Gasteiger partial charge >= 0.3 is 6.01 Å². The Morgan fingerprint density at radius 3 is 2.70 bits per heavy atom. The number of ether oxygens (including phenoxy) is 1. The van der Waals surface area contributed by atoms with Crippen LogP contribution in [0.3, 0.4) is 0 Å². The molecule has 0 unspecified atom stereocenters. The quantitative estimate of drug-likeness (QED) is 0.592. The lowest BCUT2D eigenvalue weighted by Crippen LogP contribution is -2.25. The molecule has 2 aromatic rings. The highest BCUT2D eigenvalue weighted by Crippen LogP contribution is 2.16. The number of hydrogen-bond acceptors (Lipinski definition) is 8. The summed E-state index contributed by atoms with van der Waals surface area (Å²) in [7, 11) is 0. The molecule has 0 amide bonds. The number of nitrogens with one attached hydrogen (secondary N) is 1. The zero-order valence-corrected chi connectivity index (χ0v) is 12.4. The van der Waals surface area contributed by atoms with E-state index < -0.39 is 0 Å². The van der Waals surface area contributed by atoms with Gasteiger partial charge in [0.2, 0.25) is 11.9 Å². The zero-order valence-electron chi connectivity index (χ0n) is 11.5. The van der Waals surface area contributed by atoms with Crippen LogP contribution in [0.25, 0.3) is 0 Å². The van der Waals surface area contributed by atoms with Crippen LogP contribution in [0.5, 0.6) is 6.01 Å². The first-order valence-corrected chi connectivity index (χ1v) is 7.27. The van der Waals surface area contributed by atoms with Gasteiger partial charge in [0, 0.05) is 18.0 Å². The fourth-order valence-electron chi connectivity index (χ4n) is 1.65. The van der Waals surface area contributed by atoms with Crippen LogP contribution in [-0.2, 0) is 6.61 Å². The van der Waals surface area contributed by atoms with Crippen LogP contribution in [0.15, 0.2) is 17.5 Å². The molecule has 2 heterocycles. The third-order valence-corrected chi connectivity index (χ3v) is 3.55. The van der Waals surface area contributed by atoms with Gasteiger partial charge in [-0.05, 0) is 25.3 Å². The summed E-state index contributed by atoms with van der Waals surface area (Å²) in [6, 6.07) is 4.24. The molecule has 108 valence electrons. The molecule has 0 aromatic carbocycles. The molecule has 0 aliphatic rings. The molecule has 0 fully saturated rings. The number of nitrogens with zero attached hydrogens (tertiary/aromatic N) is 4. The Balaban J connectivity index is 2.16. The van der Waals surface area contributed by atoms with E-state index in [2.05, 4.69) is 20.4 Å². The van der Waals surface area contributed by atoms with Crippen LogP contribution in [-0.4, -0.2) is 28.0 Å². The van der Waals surface area contributed by atoms with Crippen LogP contribution in [0.2, 0.25) is 0 Å². The van der Waals surface area contributed by atoms with Crippen molar-refractivity contribution < 1.29 is 4.74 Å². The maximum Gasteiger partial charge on any atom is 0.323 e. The molecule has 0 radical (unpaired) electrons. The van der Waals surface area contributed by atoms with E-state index in [1.54, 1.807) is 11.3 Å². The van der Waals surface area contributed by atoms with Gasteiger partial charge in [-0.15, -0.1) is 11.3 Å². The third-order valence-electron chi connectivity index (χ3n) is 2.70. The van der Waals surface area contributed by atoms with Crippen molar-refractivity contribution in [2.75, 3.05) is 23.4 Å². The molecule has 0 atom stereocenters. The SMILES string of the molecule is CCN(CC)c1nc(NN)nc(OCc2cccs2)n1. The van der Waals surface area contributed by atoms with Gasteiger partial charge in [0.1, 0.15) is 6.61 Å². The van der Waals surface area contributed by atoms with Gasteiger partial charge in [-0.3, -0.25) is 5.43 Å². The largest absolute Gasteiger partial charge is 0.458 e. The normalized spacial score (nSPS) is 10.3. The first-order chi connectivity index (χ1) is 9.76. The summed E-state index contributed by atoms with van der Waals surface area (Å²) >= 11 is 1.62. The minimum Gasteiger partial charge on any atom is -0.458 e. The molecule has 2 rings (SSSR count). The van der Waals surface area contributed by atoms with E-state index in [0.717, 1.165) is 18.0 Å². The van der Waals surface area contributed by atoms with Gasteiger partial charge < -0.3 is 9.64 Å². The molecule has 8 heteroatoms. The van der Waals surface area contributed by atoms with Gasteiger partial charge in [0.05, 0.1) is 0 Å². The molecule has 0 aliphatic carbocycles. The summed E-state index contributed by atoms with van der Waals surface area (Å²) in [5.74, 6) is 6.24. The first-order valence-electron chi connectivity index (χ1n) is 6.39. The number of anilines is 2. The summed E-state index contributed by atoms with van der Waals surface area (Å²) in [5, 5.41) is 2.00. The number of aromatic nitrogens is 3. The fourth-order valence-corrected chi connectivity index (χ4v) is 2.27. The van der Waals surface area contributed by atoms with Crippen molar-refractivity contribution in [2.45, 2.75) is 20.5 Å². The third kappa shape index (κ3) is 3.55. The van der Waals surface area contributed by atoms with Crippen molar-refractivity contribution in [3.05, 3.63) is 22.4 Å². The zero-order chi connectivity index (χ0) is 14.4. The highest BCUT2D eigenvalue weighted by molar-refractivity contribution is 7.09. The van der Waals surface area contributed by atoms with Crippen LogP contribution in [0.1, 0.15) is 18.7 Å². The monoisotopic (exact) mass is 294 g/mol. The highest BCUT2D eigenvalue weighted by atomic mass is 32.1. The molecule has 0 saturated carbocycles. The number of nitrogens with two attached hydrogens (primary N) is 1. The van der Waals surface area contributed by atoms with Crippen LogP contribution in [0, 0.1) is 0 Å². The average molecular weight is 294 g/mol. The highest BCUT2D eigenvalue weighted by Gasteiger charge is 2.11. The molecule has 7 nitrogen and oxygen atoms in total. The molecule has 2 aromatic heterocycles. The second-order valence-electron chi connectivity index (χ2n) is 3.93. The van der Waals surface area contributed by atoms with Crippen molar-refractivity contribution in [3.8, 4) is 6.01 Å². The lowest BCUT2D eigenvalue weighted by Gasteiger charge is -2.19.